The molecular weight excluding hydrogens is 524 g/mol. The normalized spacial score (nSPS) is 14.2. The molecule has 3 aromatic rings. The van der Waals surface area contributed by atoms with Crippen molar-refractivity contribution in [2.45, 2.75) is 20.3 Å². The molecule has 0 saturated carbocycles. The van der Waals surface area contributed by atoms with E-state index in [0.29, 0.717) is 53.5 Å². The van der Waals surface area contributed by atoms with Crippen LogP contribution in [0.15, 0.2) is 76.8 Å². The standard InChI is InChI=1S/C28H27BrN2O5/c1-3-34-25-18-20(16-23-27(32)30-31(28(23)33)21-10-5-4-6-11-21)17-24(29)26(25)36-14-8-13-35-22-12-7-9-19(2)15-22/h4-7,9-12,15-18H,3,8,13-14H2,1-2H3,(H,30,32)/b23-16+. The van der Waals surface area contributed by atoms with Crippen molar-refractivity contribution in [1.82, 2.24) is 5.43 Å². The van der Waals surface area contributed by atoms with E-state index in [0.717, 1.165) is 11.3 Å². The Morgan fingerprint density at radius 3 is 2.47 bits per heavy atom. The number of rotatable bonds is 10. The number of hydrazine groups is 1. The minimum Gasteiger partial charge on any atom is -0.493 e. The molecule has 8 heteroatoms. The van der Waals surface area contributed by atoms with Crippen LogP contribution in [0.1, 0.15) is 24.5 Å². The van der Waals surface area contributed by atoms with Gasteiger partial charge in [-0.2, -0.15) is 0 Å². The molecule has 7 nitrogen and oxygen atoms in total. The first-order valence-corrected chi connectivity index (χ1v) is 12.5. The van der Waals surface area contributed by atoms with Gasteiger partial charge in [0.05, 0.1) is 30.0 Å². The van der Waals surface area contributed by atoms with Crippen molar-refractivity contribution < 1.29 is 23.8 Å². The molecular formula is C28H27BrN2O5. The van der Waals surface area contributed by atoms with Crippen molar-refractivity contribution in [3.05, 3.63) is 87.9 Å². The van der Waals surface area contributed by atoms with Crippen LogP contribution in [0.3, 0.4) is 0 Å². The fourth-order valence-corrected chi connectivity index (χ4v) is 4.26. The summed E-state index contributed by atoms with van der Waals surface area (Å²) in [4.78, 5) is 25.4. The van der Waals surface area contributed by atoms with Crippen molar-refractivity contribution in [2.75, 3.05) is 24.8 Å². The molecule has 0 aliphatic carbocycles. The predicted octanol–water partition coefficient (Wildman–Crippen LogP) is 5.47. The van der Waals surface area contributed by atoms with Gasteiger partial charge < -0.3 is 14.2 Å². The molecule has 1 aliphatic rings. The van der Waals surface area contributed by atoms with Crippen LogP contribution >= 0.6 is 15.9 Å². The molecule has 0 bridgehead atoms. The number of amides is 2. The van der Waals surface area contributed by atoms with Gasteiger partial charge in [0, 0.05) is 6.42 Å². The fraction of sp³-hybridized carbons (Fsp3) is 0.214. The largest absolute Gasteiger partial charge is 0.493 e. The number of carbonyl (C=O) groups excluding carboxylic acids is 2. The molecule has 4 rings (SSSR count). The minimum absolute atomic E-state index is 0.0372. The molecule has 1 heterocycles. The number of nitrogens with zero attached hydrogens (tertiary/aromatic N) is 1. The Morgan fingerprint density at radius 2 is 1.72 bits per heavy atom. The highest BCUT2D eigenvalue weighted by atomic mass is 79.9. The van der Waals surface area contributed by atoms with Gasteiger partial charge in [-0.25, -0.2) is 5.01 Å². The highest BCUT2D eigenvalue weighted by Crippen LogP contribution is 2.38. The lowest BCUT2D eigenvalue weighted by molar-refractivity contribution is -0.117. The first kappa shape index (κ1) is 25.3. The number of ether oxygens (including phenoxy) is 3. The van der Waals surface area contributed by atoms with Crippen LogP contribution in [-0.4, -0.2) is 31.6 Å². The molecule has 0 atom stereocenters. The van der Waals surface area contributed by atoms with Crippen molar-refractivity contribution in [3.63, 3.8) is 0 Å². The van der Waals surface area contributed by atoms with E-state index in [4.69, 9.17) is 14.2 Å². The number of benzene rings is 3. The average Bonchev–Trinajstić information content (AvgIpc) is 3.14. The second-order valence-corrected chi connectivity index (χ2v) is 8.96. The molecule has 1 fully saturated rings. The molecule has 1 N–H and O–H groups in total. The van der Waals surface area contributed by atoms with Gasteiger partial charge in [-0.15, -0.1) is 0 Å². The lowest BCUT2D eigenvalue weighted by Crippen LogP contribution is -2.35. The molecule has 36 heavy (non-hydrogen) atoms. The number of nitrogens with one attached hydrogen (secondary N) is 1. The first-order chi connectivity index (χ1) is 17.5. The number of para-hydroxylation sites is 1. The summed E-state index contributed by atoms with van der Waals surface area (Å²) < 4.78 is 18.2. The fourth-order valence-electron chi connectivity index (χ4n) is 3.69. The summed E-state index contributed by atoms with van der Waals surface area (Å²) in [5.41, 5.74) is 5.01. The zero-order valence-corrected chi connectivity index (χ0v) is 21.7. The highest BCUT2D eigenvalue weighted by Gasteiger charge is 2.34. The van der Waals surface area contributed by atoms with E-state index in [9.17, 15) is 9.59 Å². The van der Waals surface area contributed by atoms with Gasteiger partial charge in [-0.1, -0.05) is 30.3 Å². The van der Waals surface area contributed by atoms with Crippen LogP contribution in [-0.2, 0) is 9.59 Å². The van der Waals surface area contributed by atoms with Crippen molar-refractivity contribution >= 4 is 39.5 Å². The van der Waals surface area contributed by atoms with Crippen LogP contribution in [0.25, 0.3) is 6.08 Å². The molecule has 186 valence electrons. The van der Waals surface area contributed by atoms with Gasteiger partial charge in [0.1, 0.15) is 11.3 Å². The molecule has 0 spiro atoms. The molecule has 0 aromatic heterocycles. The van der Waals surface area contributed by atoms with Gasteiger partial charge in [0.2, 0.25) is 0 Å². The Hall–Kier alpha value is -3.78. The predicted molar refractivity (Wildman–Crippen MR) is 142 cm³/mol. The van der Waals surface area contributed by atoms with Gasteiger partial charge in [0.25, 0.3) is 11.8 Å². The number of hydrogen-bond acceptors (Lipinski definition) is 5. The lowest BCUT2D eigenvalue weighted by atomic mass is 10.1. The van der Waals surface area contributed by atoms with Crippen LogP contribution in [0.4, 0.5) is 5.69 Å². The van der Waals surface area contributed by atoms with E-state index in [2.05, 4.69) is 21.4 Å². The summed E-state index contributed by atoms with van der Waals surface area (Å²) in [6.07, 6.45) is 2.23. The summed E-state index contributed by atoms with van der Waals surface area (Å²) in [5, 5.41) is 1.24. The van der Waals surface area contributed by atoms with Gasteiger partial charge in [-0.3, -0.25) is 15.0 Å². The molecule has 0 radical (unpaired) electrons. The van der Waals surface area contributed by atoms with Crippen LogP contribution < -0.4 is 24.6 Å². The topological polar surface area (TPSA) is 77.1 Å². The number of hydrogen-bond donors (Lipinski definition) is 1. The molecule has 2 amide bonds. The maximum Gasteiger partial charge on any atom is 0.282 e. The molecule has 1 saturated heterocycles. The van der Waals surface area contributed by atoms with Crippen LogP contribution in [0, 0.1) is 6.92 Å². The smallest absolute Gasteiger partial charge is 0.282 e. The van der Waals surface area contributed by atoms with Gasteiger partial charge >= 0.3 is 0 Å². The van der Waals surface area contributed by atoms with E-state index in [1.54, 1.807) is 42.5 Å². The maximum atomic E-state index is 12.9. The maximum absolute atomic E-state index is 12.9. The Labute approximate surface area is 218 Å². The zero-order chi connectivity index (χ0) is 25.5. The zero-order valence-electron chi connectivity index (χ0n) is 20.1. The lowest BCUT2D eigenvalue weighted by Gasteiger charge is -2.15. The number of aryl methyl sites for hydroxylation is 1. The molecule has 0 unspecified atom stereocenters. The van der Waals surface area contributed by atoms with Crippen LogP contribution in [0.5, 0.6) is 17.2 Å². The minimum atomic E-state index is -0.466. The van der Waals surface area contributed by atoms with E-state index in [1.807, 2.05) is 44.2 Å². The molecule has 1 aliphatic heterocycles. The number of anilines is 1. The third-order valence-electron chi connectivity index (χ3n) is 5.34. The Kier molecular flexibility index (Phi) is 8.28. The highest BCUT2D eigenvalue weighted by molar-refractivity contribution is 9.10. The number of carbonyl (C=O) groups is 2. The van der Waals surface area contributed by atoms with E-state index >= 15 is 0 Å². The SMILES string of the molecule is CCOc1cc(/C=C2\C(=O)NN(c3ccccc3)C2=O)cc(Br)c1OCCCOc1cccc(C)c1. The van der Waals surface area contributed by atoms with Gasteiger partial charge in [0.15, 0.2) is 11.5 Å². The summed E-state index contributed by atoms with van der Waals surface area (Å²) >= 11 is 3.55. The van der Waals surface area contributed by atoms with Crippen molar-refractivity contribution in [2.24, 2.45) is 0 Å². The van der Waals surface area contributed by atoms with E-state index in [-0.39, 0.29) is 5.57 Å². The summed E-state index contributed by atoms with van der Waals surface area (Å²) in [7, 11) is 0. The summed E-state index contributed by atoms with van der Waals surface area (Å²) in [5.74, 6) is 1.02. The first-order valence-electron chi connectivity index (χ1n) is 11.7. The summed E-state index contributed by atoms with van der Waals surface area (Å²) in [6.45, 7) is 5.28. The van der Waals surface area contributed by atoms with Gasteiger partial charge in [-0.05, 0) is 83.4 Å². The van der Waals surface area contributed by atoms with E-state index in [1.165, 1.54) is 5.01 Å². The van der Waals surface area contributed by atoms with Crippen molar-refractivity contribution in [1.29, 1.82) is 0 Å². The number of halogens is 1. The Morgan fingerprint density at radius 1 is 0.944 bits per heavy atom. The third kappa shape index (κ3) is 6.07. The average molecular weight is 551 g/mol. The van der Waals surface area contributed by atoms with E-state index < -0.39 is 11.8 Å². The third-order valence-corrected chi connectivity index (χ3v) is 5.93. The Bertz CT molecular complexity index is 1280. The quantitative estimate of drug-likeness (QED) is 0.206. The molecule has 3 aromatic carbocycles. The monoisotopic (exact) mass is 550 g/mol. The summed E-state index contributed by atoms with van der Waals surface area (Å²) in [6, 6.07) is 20.4. The second kappa shape index (κ2) is 11.8. The Balaban J connectivity index is 1.45. The van der Waals surface area contributed by atoms with Crippen molar-refractivity contribution in [3.8, 4) is 17.2 Å². The second-order valence-electron chi connectivity index (χ2n) is 8.11. The van der Waals surface area contributed by atoms with Crippen LogP contribution in [0.2, 0.25) is 0 Å².